The van der Waals surface area contributed by atoms with Crippen molar-refractivity contribution >= 4 is 17.9 Å². The Kier molecular flexibility index (Phi) is 10.2. The van der Waals surface area contributed by atoms with Gasteiger partial charge in [-0.15, -0.1) is 0 Å². The van der Waals surface area contributed by atoms with Gasteiger partial charge in [0.2, 0.25) is 11.8 Å². The Morgan fingerprint density at radius 2 is 1.76 bits per heavy atom. The van der Waals surface area contributed by atoms with Gasteiger partial charge in [-0.1, -0.05) is 38.3 Å². The summed E-state index contributed by atoms with van der Waals surface area (Å²) >= 11 is 0. The lowest BCUT2D eigenvalue weighted by molar-refractivity contribution is -0.145. The molecule has 3 heterocycles. The monoisotopic (exact) mass is 624 g/mol. The molecule has 0 radical (unpaired) electrons. The fraction of sp³-hybridized carbons (Fsp3) is 0.647. The normalized spacial score (nSPS) is 22.5. The van der Waals surface area contributed by atoms with Crippen LogP contribution in [0.4, 0.5) is 9.18 Å². The molecule has 2 aliphatic heterocycles. The molecule has 1 aliphatic carbocycles. The maximum atomic E-state index is 14.8. The average molecular weight is 625 g/mol. The summed E-state index contributed by atoms with van der Waals surface area (Å²) in [5.41, 5.74) is 1.17. The van der Waals surface area contributed by atoms with Gasteiger partial charge in [0.25, 0.3) is 0 Å². The molecule has 1 saturated carbocycles. The Hall–Kier alpha value is -3.47. The molecule has 246 valence electrons. The van der Waals surface area contributed by atoms with Crippen LogP contribution in [0.3, 0.4) is 0 Å². The second kappa shape index (κ2) is 13.9. The molecule has 3 aliphatic rings. The molecule has 0 bridgehead atoms. The molecular weight excluding hydrogens is 575 g/mol. The zero-order valence-corrected chi connectivity index (χ0v) is 27.1. The molecule has 1 aromatic heterocycles. The van der Waals surface area contributed by atoms with E-state index in [1.54, 1.807) is 25.3 Å². The Morgan fingerprint density at radius 3 is 2.42 bits per heavy atom. The van der Waals surface area contributed by atoms with Crippen LogP contribution in [0.2, 0.25) is 0 Å². The molecule has 2 aromatic rings. The van der Waals surface area contributed by atoms with Crippen LogP contribution in [0.1, 0.15) is 89.9 Å². The summed E-state index contributed by atoms with van der Waals surface area (Å²) in [7, 11) is 0. The third-order valence-electron chi connectivity index (χ3n) is 9.94. The molecule has 0 unspecified atom stereocenters. The highest BCUT2D eigenvalue weighted by molar-refractivity contribution is 5.89. The van der Waals surface area contributed by atoms with Gasteiger partial charge in [-0.25, -0.2) is 9.18 Å². The Balaban J connectivity index is 1.41. The molecule has 1 aromatic carbocycles. The van der Waals surface area contributed by atoms with Crippen LogP contribution in [-0.2, 0) is 16.1 Å². The summed E-state index contributed by atoms with van der Waals surface area (Å²) in [6.45, 7) is 9.91. The summed E-state index contributed by atoms with van der Waals surface area (Å²) in [5.74, 6) is -1.26. The Bertz CT molecular complexity index is 1330. The maximum Gasteiger partial charge on any atom is 0.407 e. The van der Waals surface area contributed by atoms with E-state index in [4.69, 9.17) is 0 Å². The standard InChI is InChI=1S/C34H49FN6O4/c1-23(19-40(33(44)45)34(2,3)4)31(42)37-30(25-9-6-5-7-10-25)32(43)39-21-27-11-8-18-38(27)22-29(39)28-16-17-36-41(28)20-24-12-14-26(35)15-13-24/h12-17,23,25,27,29-30H,5-11,18-22H2,1-4H3,(H,37,42)(H,44,45)/t23-,27+,29-,30-/m0/s1. The third kappa shape index (κ3) is 7.68. The molecule has 10 nitrogen and oxygen atoms in total. The number of nitrogens with zero attached hydrogens (tertiary/aromatic N) is 5. The van der Waals surface area contributed by atoms with Crippen molar-refractivity contribution in [1.82, 2.24) is 29.8 Å². The summed E-state index contributed by atoms with van der Waals surface area (Å²) in [6, 6.07) is 7.70. The number of fused-ring (bicyclic) bond motifs is 1. The van der Waals surface area contributed by atoms with Crippen molar-refractivity contribution in [2.45, 2.75) is 103 Å². The highest BCUT2D eigenvalue weighted by Gasteiger charge is 2.44. The number of piperazine rings is 1. The van der Waals surface area contributed by atoms with Crippen molar-refractivity contribution in [3.63, 3.8) is 0 Å². The number of carbonyl (C=O) groups excluding carboxylic acids is 2. The number of carbonyl (C=O) groups is 3. The van der Waals surface area contributed by atoms with Gasteiger partial charge in [-0.3, -0.25) is 19.2 Å². The quantitative estimate of drug-likeness (QED) is 0.411. The third-order valence-corrected chi connectivity index (χ3v) is 9.94. The number of carboxylic acid groups (broad SMARTS) is 1. The van der Waals surface area contributed by atoms with Crippen LogP contribution >= 0.6 is 0 Å². The van der Waals surface area contributed by atoms with Gasteiger partial charge in [-0.05, 0) is 82.7 Å². The largest absolute Gasteiger partial charge is 0.465 e. The smallest absolute Gasteiger partial charge is 0.407 e. The molecule has 0 spiro atoms. The lowest BCUT2D eigenvalue weighted by atomic mass is 9.82. The fourth-order valence-corrected chi connectivity index (χ4v) is 7.35. The molecule has 2 saturated heterocycles. The average Bonchev–Trinajstić information content (AvgIpc) is 3.67. The van der Waals surface area contributed by atoms with Crippen molar-refractivity contribution in [3.05, 3.63) is 53.6 Å². The van der Waals surface area contributed by atoms with E-state index < -0.39 is 23.6 Å². The Morgan fingerprint density at radius 1 is 1.04 bits per heavy atom. The minimum atomic E-state index is -1.07. The van der Waals surface area contributed by atoms with E-state index in [-0.39, 0.29) is 42.2 Å². The van der Waals surface area contributed by atoms with Gasteiger partial charge in [0.15, 0.2) is 0 Å². The molecule has 11 heteroatoms. The first-order valence-electron chi connectivity index (χ1n) is 16.5. The number of aromatic nitrogens is 2. The van der Waals surface area contributed by atoms with E-state index in [0.29, 0.717) is 19.6 Å². The van der Waals surface area contributed by atoms with Gasteiger partial charge < -0.3 is 20.2 Å². The van der Waals surface area contributed by atoms with Crippen LogP contribution in [0.15, 0.2) is 36.5 Å². The molecular formula is C34H49FN6O4. The van der Waals surface area contributed by atoms with Gasteiger partial charge in [-0.2, -0.15) is 5.10 Å². The minimum Gasteiger partial charge on any atom is -0.465 e. The zero-order valence-electron chi connectivity index (χ0n) is 27.1. The first-order valence-corrected chi connectivity index (χ1v) is 16.5. The van der Waals surface area contributed by atoms with Crippen LogP contribution in [0.5, 0.6) is 0 Å². The first kappa shape index (κ1) is 32.9. The predicted octanol–water partition coefficient (Wildman–Crippen LogP) is 4.90. The van der Waals surface area contributed by atoms with Crippen molar-refractivity contribution < 1.29 is 23.9 Å². The van der Waals surface area contributed by atoms with E-state index in [0.717, 1.165) is 62.7 Å². The minimum absolute atomic E-state index is 0.0203. The molecule has 2 N–H and O–H groups in total. The number of nitrogens with one attached hydrogen (secondary N) is 1. The van der Waals surface area contributed by atoms with Gasteiger partial charge in [0.1, 0.15) is 11.9 Å². The van der Waals surface area contributed by atoms with Gasteiger partial charge in [0.05, 0.1) is 24.2 Å². The highest BCUT2D eigenvalue weighted by Crippen LogP contribution is 2.35. The van der Waals surface area contributed by atoms with Crippen LogP contribution in [0, 0.1) is 17.7 Å². The number of halogens is 1. The van der Waals surface area contributed by atoms with E-state index >= 15 is 0 Å². The number of amides is 3. The zero-order chi connectivity index (χ0) is 32.3. The molecule has 45 heavy (non-hydrogen) atoms. The van der Waals surface area contributed by atoms with Crippen molar-refractivity contribution in [2.24, 2.45) is 11.8 Å². The van der Waals surface area contributed by atoms with Crippen LogP contribution < -0.4 is 5.32 Å². The Labute approximate surface area is 265 Å². The number of hydrogen-bond donors (Lipinski definition) is 2. The maximum absolute atomic E-state index is 14.8. The highest BCUT2D eigenvalue weighted by atomic mass is 19.1. The second-order valence-corrected chi connectivity index (χ2v) is 14.2. The van der Waals surface area contributed by atoms with Crippen LogP contribution in [-0.4, -0.2) is 91.3 Å². The number of hydrogen-bond acceptors (Lipinski definition) is 5. The predicted molar refractivity (Wildman–Crippen MR) is 169 cm³/mol. The van der Waals surface area contributed by atoms with E-state index in [9.17, 15) is 23.9 Å². The SMILES string of the molecule is C[C@@H](CN(C(=O)O)C(C)(C)C)C(=O)N[C@H](C(=O)N1C[C@H]2CCCN2C[C@H]1c1ccnn1Cc1ccc(F)cc1)C1CCCCC1. The second-order valence-electron chi connectivity index (χ2n) is 14.2. The lowest BCUT2D eigenvalue weighted by Crippen LogP contribution is -2.60. The summed E-state index contributed by atoms with van der Waals surface area (Å²) in [6.07, 6.45) is 7.67. The summed E-state index contributed by atoms with van der Waals surface area (Å²) in [5, 5.41) is 17.6. The fourth-order valence-electron chi connectivity index (χ4n) is 7.35. The molecule has 4 atom stereocenters. The van der Waals surface area contributed by atoms with E-state index in [1.165, 1.54) is 17.0 Å². The van der Waals surface area contributed by atoms with E-state index in [1.807, 2.05) is 36.4 Å². The summed E-state index contributed by atoms with van der Waals surface area (Å²) in [4.78, 5) is 46.2. The van der Waals surface area contributed by atoms with Crippen molar-refractivity contribution in [2.75, 3.05) is 26.2 Å². The molecule has 5 rings (SSSR count). The van der Waals surface area contributed by atoms with Crippen LogP contribution in [0.25, 0.3) is 0 Å². The molecule has 3 fully saturated rings. The lowest BCUT2D eigenvalue weighted by Gasteiger charge is -2.46. The van der Waals surface area contributed by atoms with Crippen molar-refractivity contribution in [3.8, 4) is 0 Å². The van der Waals surface area contributed by atoms with E-state index in [2.05, 4.69) is 15.3 Å². The molecule has 3 amide bonds. The number of rotatable bonds is 9. The first-order chi connectivity index (χ1) is 21.4. The topological polar surface area (TPSA) is 111 Å². The van der Waals surface area contributed by atoms with Gasteiger partial charge >= 0.3 is 6.09 Å². The van der Waals surface area contributed by atoms with Crippen molar-refractivity contribution in [1.29, 1.82) is 0 Å². The summed E-state index contributed by atoms with van der Waals surface area (Å²) < 4.78 is 15.5. The number of benzene rings is 1. The van der Waals surface area contributed by atoms with Gasteiger partial charge in [0, 0.05) is 37.4 Å².